The molecule has 34 heavy (non-hydrogen) atoms. The molecule has 1 saturated heterocycles. The smallest absolute Gasteiger partial charge is 0.269 e. The minimum Gasteiger partial charge on any atom is -0.334 e. The van der Waals surface area contributed by atoms with Crippen LogP contribution >= 0.6 is 35.1 Å². The lowest BCUT2D eigenvalue weighted by molar-refractivity contribution is -0.122. The van der Waals surface area contributed by atoms with Gasteiger partial charge in [0.05, 0.1) is 11.4 Å². The van der Waals surface area contributed by atoms with Crippen molar-refractivity contribution in [2.45, 2.75) is 25.2 Å². The van der Waals surface area contributed by atoms with Gasteiger partial charge in [-0.3, -0.25) is 9.69 Å². The van der Waals surface area contributed by atoms with Crippen molar-refractivity contribution in [3.8, 4) is 0 Å². The molecule has 7 heteroatoms. The normalized spacial score (nSPS) is 18.8. The number of nitrogens with zero attached hydrogens (tertiary/aromatic N) is 3. The maximum absolute atomic E-state index is 13.7. The number of halogens is 1. The molecule has 0 N–H and O–H groups in total. The van der Waals surface area contributed by atoms with Crippen LogP contribution in [-0.2, 0) is 11.2 Å². The molecule has 0 spiro atoms. The number of anilines is 1. The minimum atomic E-state index is 0.00615. The van der Waals surface area contributed by atoms with E-state index in [0.29, 0.717) is 16.7 Å². The van der Waals surface area contributed by atoms with Crippen molar-refractivity contribution in [3.63, 3.8) is 0 Å². The summed E-state index contributed by atoms with van der Waals surface area (Å²) in [6.45, 7) is 5.44. The summed E-state index contributed by atoms with van der Waals surface area (Å²) in [5, 5.41) is 2.34. The van der Waals surface area contributed by atoms with Crippen molar-refractivity contribution < 1.29 is 4.79 Å². The number of benzene rings is 3. The van der Waals surface area contributed by atoms with Crippen molar-refractivity contribution in [2.75, 3.05) is 18.0 Å². The molecule has 0 unspecified atom stereocenters. The van der Waals surface area contributed by atoms with Crippen LogP contribution < -0.4 is 4.90 Å². The highest BCUT2D eigenvalue weighted by molar-refractivity contribution is 8.19. The molecule has 0 aromatic heterocycles. The average molecular weight is 506 g/mol. The maximum atomic E-state index is 13.7. The van der Waals surface area contributed by atoms with Gasteiger partial charge < -0.3 is 4.90 Å². The van der Waals surface area contributed by atoms with Crippen LogP contribution in [0.4, 0.5) is 11.4 Å². The van der Waals surface area contributed by atoms with E-state index < -0.39 is 0 Å². The van der Waals surface area contributed by atoms with Crippen LogP contribution in [-0.4, -0.2) is 29.1 Å². The molecule has 2 aliphatic rings. The summed E-state index contributed by atoms with van der Waals surface area (Å²) < 4.78 is 0. The quantitative estimate of drug-likeness (QED) is 0.342. The number of hydrogen-bond acceptors (Lipinski definition) is 5. The molecule has 0 atom stereocenters. The van der Waals surface area contributed by atoms with Crippen molar-refractivity contribution >= 4 is 57.6 Å². The maximum Gasteiger partial charge on any atom is 0.269 e. The van der Waals surface area contributed by atoms with Crippen LogP contribution in [0.25, 0.3) is 0 Å². The fourth-order valence-electron chi connectivity index (χ4n) is 3.98. The Kier molecular flexibility index (Phi) is 6.73. The molecular weight excluding hydrogens is 482 g/mol. The van der Waals surface area contributed by atoms with Gasteiger partial charge in [0.2, 0.25) is 0 Å². The van der Waals surface area contributed by atoms with Crippen LogP contribution in [0, 0.1) is 6.92 Å². The summed E-state index contributed by atoms with van der Waals surface area (Å²) in [6.07, 6.45) is 0.758. The summed E-state index contributed by atoms with van der Waals surface area (Å²) in [5.74, 6) is 0.00615. The highest BCUT2D eigenvalue weighted by atomic mass is 35.5. The SMILES string of the molecule is CCN1C(=C2SC(=Nc3ccc(C)c(Cl)c3)N(CCc3ccccc3)C2=O)Sc2ccccc21. The molecule has 2 aliphatic heterocycles. The van der Waals surface area contributed by atoms with E-state index in [1.807, 2.05) is 60.4 Å². The molecule has 3 aromatic rings. The van der Waals surface area contributed by atoms with Gasteiger partial charge in [0, 0.05) is 23.0 Å². The monoisotopic (exact) mass is 505 g/mol. The first-order valence-electron chi connectivity index (χ1n) is 11.2. The van der Waals surface area contributed by atoms with Gasteiger partial charge in [-0.15, -0.1) is 0 Å². The molecule has 1 amide bonds. The molecule has 2 heterocycles. The molecule has 5 rings (SSSR count). The number of amidine groups is 1. The van der Waals surface area contributed by atoms with Gasteiger partial charge in [-0.1, -0.05) is 71.9 Å². The van der Waals surface area contributed by atoms with Crippen LogP contribution in [0.5, 0.6) is 0 Å². The molecule has 1 fully saturated rings. The van der Waals surface area contributed by atoms with Crippen LogP contribution in [0.15, 0.2) is 92.6 Å². The third-order valence-corrected chi connectivity index (χ3v) is 8.61. The zero-order chi connectivity index (χ0) is 23.7. The molecule has 0 aliphatic carbocycles. The van der Waals surface area contributed by atoms with Crippen molar-refractivity contribution in [1.29, 1.82) is 0 Å². The number of aryl methyl sites for hydroxylation is 1. The standard InChI is InChI=1S/C27H24ClN3OS2/c1-3-30-22-11-7-8-12-23(22)33-26(30)24-25(32)31(16-15-19-9-5-4-6-10-19)27(34-24)29-20-14-13-18(2)21(28)17-20/h4-14,17H,3,15-16H2,1-2H3. The number of thioether (sulfide) groups is 2. The van der Waals surface area contributed by atoms with Gasteiger partial charge in [0.1, 0.15) is 9.93 Å². The van der Waals surface area contributed by atoms with Crippen LogP contribution in [0.3, 0.4) is 0 Å². The summed E-state index contributed by atoms with van der Waals surface area (Å²) in [6, 6.07) is 24.3. The van der Waals surface area contributed by atoms with Gasteiger partial charge in [-0.25, -0.2) is 4.99 Å². The first-order chi connectivity index (χ1) is 16.5. The van der Waals surface area contributed by atoms with E-state index in [0.717, 1.165) is 39.8 Å². The van der Waals surface area contributed by atoms with E-state index in [2.05, 4.69) is 36.1 Å². The number of amides is 1. The van der Waals surface area contributed by atoms with Gasteiger partial charge >= 0.3 is 0 Å². The Labute approximate surface area is 213 Å². The lowest BCUT2D eigenvalue weighted by Gasteiger charge is -2.19. The fourth-order valence-corrected chi connectivity index (χ4v) is 6.57. The number of carbonyl (C=O) groups excluding carboxylic acids is 1. The van der Waals surface area contributed by atoms with Crippen molar-refractivity contribution in [2.24, 2.45) is 4.99 Å². The third kappa shape index (κ3) is 4.50. The van der Waals surface area contributed by atoms with Gasteiger partial charge in [0.25, 0.3) is 5.91 Å². The lowest BCUT2D eigenvalue weighted by atomic mass is 10.1. The second kappa shape index (κ2) is 9.90. The number of hydrogen-bond donors (Lipinski definition) is 0. The lowest BCUT2D eigenvalue weighted by Crippen LogP contribution is -2.32. The van der Waals surface area contributed by atoms with Crippen molar-refractivity contribution in [1.82, 2.24) is 4.90 Å². The van der Waals surface area contributed by atoms with Crippen LogP contribution in [0.2, 0.25) is 5.02 Å². The van der Waals surface area contributed by atoms with Crippen molar-refractivity contribution in [3.05, 3.63) is 98.9 Å². The number of para-hydroxylation sites is 1. The highest BCUT2D eigenvalue weighted by Gasteiger charge is 2.39. The summed E-state index contributed by atoms with van der Waals surface area (Å²) in [7, 11) is 0. The van der Waals surface area contributed by atoms with E-state index >= 15 is 0 Å². The molecule has 0 saturated carbocycles. The predicted octanol–water partition coefficient (Wildman–Crippen LogP) is 7.26. The predicted molar refractivity (Wildman–Crippen MR) is 145 cm³/mol. The Balaban J connectivity index is 1.52. The van der Waals surface area contributed by atoms with E-state index in [1.165, 1.54) is 22.2 Å². The van der Waals surface area contributed by atoms with Gasteiger partial charge in [0.15, 0.2) is 5.17 Å². The fraction of sp³-hybridized carbons (Fsp3) is 0.185. The topological polar surface area (TPSA) is 35.9 Å². The van der Waals surface area contributed by atoms with E-state index in [9.17, 15) is 4.79 Å². The van der Waals surface area contributed by atoms with E-state index in [1.54, 1.807) is 11.8 Å². The molecule has 0 bridgehead atoms. The average Bonchev–Trinajstić information content (AvgIpc) is 3.37. The first kappa shape index (κ1) is 23.1. The third-order valence-electron chi connectivity index (χ3n) is 5.83. The molecule has 0 radical (unpaired) electrons. The van der Waals surface area contributed by atoms with E-state index in [4.69, 9.17) is 16.6 Å². The Hall–Kier alpha value is -2.67. The number of fused-ring (bicyclic) bond motifs is 1. The molecule has 3 aromatic carbocycles. The molecule has 4 nitrogen and oxygen atoms in total. The zero-order valence-electron chi connectivity index (χ0n) is 19.0. The first-order valence-corrected chi connectivity index (χ1v) is 13.2. The van der Waals surface area contributed by atoms with Gasteiger partial charge in [-0.05, 0) is 67.4 Å². The summed E-state index contributed by atoms with van der Waals surface area (Å²) in [4.78, 5) is 24.5. The summed E-state index contributed by atoms with van der Waals surface area (Å²) >= 11 is 9.47. The van der Waals surface area contributed by atoms with E-state index in [-0.39, 0.29) is 5.91 Å². The number of carbonyl (C=O) groups is 1. The Morgan fingerprint density at radius 1 is 0.941 bits per heavy atom. The minimum absolute atomic E-state index is 0.00615. The Morgan fingerprint density at radius 3 is 2.47 bits per heavy atom. The van der Waals surface area contributed by atoms with Gasteiger partial charge in [-0.2, -0.15) is 0 Å². The largest absolute Gasteiger partial charge is 0.334 e. The Bertz CT molecular complexity index is 1310. The molecular formula is C27H24ClN3OS2. The van der Waals surface area contributed by atoms with Crippen LogP contribution in [0.1, 0.15) is 18.1 Å². The zero-order valence-corrected chi connectivity index (χ0v) is 21.4. The Morgan fingerprint density at radius 2 is 1.71 bits per heavy atom. The summed E-state index contributed by atoms with van der Waals surface area (Å²) in [5.41, 5.74) is 4.09. The highest BCUT2D eigenvalue weighted by Crippen LogP contribution is 2.50. The second-order valence-electron chi connectivity index (χ2n) is 8.07. The number of aliphatic imine (C=N–C) groups is 1. The number of rotatable bonds is 5. The second-order valence-corrected chi connectivity index (χ2v) is 10.5. The molecule has 172 valence electrons.